The molecular weight excluding hydrogens is 304 g/mol. The van der Waals surface area contributed by atoms with Crippen LogP contribution in [0.25, 0.3) is 0 Å². The molecule has 0 aliphatic heterocycles. The summed E-state index contributed by atoms with van der Waals surface area (Å²) in [7, 11) is 0. The standard InChI is InChI=1S/C20H26O2S/c1-16-10-12-17(13-11-16)6-2-3-7-18-14-15-19(23-18)8-4-5-9-20(21)22/h10-15H,2-9H2,1H3,(H,21,22). The monoisotopic (exact) mass is 330 g/mol. The molecule has 2 rings (SSSR count). The number of carbonyl (C=O) groups is 1. The SMILES string of the molecule is Cc1ccc(CCCCc2ccc(CCCCC(=O)O)s2)cc1. The first-order valence-electron chi connectivity index (χ1n) is 8.48. The smallest absolute Gasteiger partial charge is 0.303 e. The molecule has 0 radical (unpaired) electrons. The van der Waals surface area contributed by atoms with Crippen LogP contribution in [0.4, 0.5) is 0 Å². The normalized spacial score (nSPS) is 10.8. The summed E-state index contributed by atoms with van der Waals surface area (Å²) in [6.07, 6.45) is 7.83. The molecule has 2 nitrogen and oxygen atoms in total. The Balaban J connectivity index is 1.62. The van der Waals surface area contributed by atoms with Crippen molar-refractivity contribution >= 4 is 17.3 Å². The van der Waals surface area contributed by atoms with Crippen LogP contribution >= 0.6 is 11.3 Å². The van der Waals surface area contributed by atoms with Crippen molar-refractivity contribution in [3.05, 3.63) is 57.3 Å². The zero-order valence-corrected chi connectivity index (χ0v) is 14.7. The fraction of sp³-hybridized carbons (Fsp3) is 0.450. The summed E-state index contributed by atoms with van der Waals surface area (Å²) < 4.78 is 0. The number of unbranched alkanes of at least 4 members (excludes halogenated alkanes) is 2. The van der Waals surface area contributed by atoms with E-state index in [-0.39, 0.29) is 6.42 Å². The predicted octanol–water partition coefficient (Wildman–Crippen LogP) is 5.42. The van der Waals surface area contributed by atoms with Gasteiger partial charge in [-0.3, -0.25) is 4.79 Å². The summed E-state index contributed by atoms with van der Waals surface area (Å²) in [5.41, 5.74) is 2.75. The Bertz CT molecular complexity index is 598. The second kappa shape index (κ2) is 9.51. The molecule has 0 aliphatic carbocycles. The molecular formula is C20H26O2S. The fourth-order valence-electron chi connectivity index (χ4n) is 2.65. The number of benzene rings is 1. The molecule has 2 aromatic rings. The van der Waals surface area contributed by atoms with Gasteiger partial charge >= 0.3 is 5.97 Å². The summed E-state index contributed by atoms with van der Waals surface area (Å²) in [6.45, 7) is 2.12. The van der Waals surface area contributed by atoms with Gasteiger partial charge in [-0.15, -0.1) is 11.3 Å². The van der Waals surface area contributed by atoms with Gasteiger partial charge in [0.2, 0.25) is 0 Å². The van der Waals surface area contributed by atoms with Crippen LogP contribution in [0.3, 0.4) is 0 Å². The van der Waals surface area contributed by atoms with Crippen LogP contribution in [0, 0.1) is 6.92 Å². The maximum atomic E-state index is 10.5. The van der Waals surface area contributed by atoms with Crippen LogP contribution in [-0.2, 0) is 24.1 Å². The van der Waals surface area contributed by atoms with Crippen LogP contribution < -0.4 is 0 Å². The number of aryl methyl sites for hydroxylation is 4. The second-order valence-electron chi connectivity index (χ2n) is 6.16. The average Bonchev–Trinajstić information content (AvgIpc) is 2.97. The minimum Gasteiger partial charge on any atom is -0.481 e. The minimum atomic E-state index is -0.689. The Hall–Kier alpha value is -1.61. The van der Waals surface area contributed by atoms with Crippen LogP contribution in [0.1, 0.15) is 53.0 Å². The number of carboxylic acids is 1. The van der Waals surface area contributed by atoms with Crippen molar-refractivity contribution in [2.75, 3.05) is 0 Å². The number of hydrogen-bond acceptors (Lipinski definition) is 2. The molecule has 23 heavy (non-hydrogen) atoms. The lowest BCUT2D eigenvalue weighted by Gasteiger charge is -2.02. The molecule has 1 aromatic carbocycles. The van der Waals surface area contributed by atoms with E-state index in [2.05, 4.69) is 43.3 Å². The van der Waals surface area contributed by atoms with Crippen molar-refractivity contribution < 1.29 is 9.90 Å². The van der Waals surface area contributed by atoms with Crippen LogP contribution in [0.15, 0.2) is 36.4 Å². The Morgan fingerprint density at radius 3 is 2.04 bits per heavy atom. The van der Waals surface area contributed by atoms with Crippen molar-refractivity contribution in [3.8, 4) is 0 Å². The molecule has 0 aliphatic rings. The highest BCUT2D eigenvalue weighted by molar-refractivity contribution is 7.11. The molecule has 1 aromatic heterocycles. The molecule has 1 heterocycles. The zero-order valence-electron chi connectivity index (χ0n) is 13.9. The Morgan fingerprint density at radius 1 is 0.870 bits per heavy atom. The van der Waals surface area contributed by atoms with Gasteiger partial charge in [-0.1, -0.05) is 29.8 Å². The van der Waals surface area contributed by atoms with E-state index in [9.17, 15) is 4.79 Å². The van der Waals surface area contributed by atoms with E-state index in [4.69, 9.17) is 5.11 Å². The fourth-order valence-corrected chi connectivity index (χ4v) is 3.75. The number of rotatable bonds is 10. The van der Waals surface area contributed by atoms with Gasteiger partial charge in [0.25, 0.3) is 0 Å². The van der Waals surface area contributed by atoms with Gasteiger partial charge in [0, 0.05) is 16.2 Å². The average molecular weight is 330 g/mol. The molecule has 0 saturated carbocycles. The molecule has 1 N–H and O–H groups in total. The number of aliphatic carboxylic acids is 1. The lowest BCUT2D eigenvalue weighted by atomic mass is 10.1. The Labute approximate surface area is 143 Å². The summed E-state index contributed by atoms with van der Waals surface area (Å²) >= 11 is 1.89. The van der Waals surface area contributed by atoms with Gasteiger partial charge in [0.15, 0.2) is 0 Å². The molecule has 0 atom stereocenters. The number of carboxylic acid groups (broad SMARTS) is 1. The molecule has 0 amide bonds. The first-order chi connectivity index (χ1) is 11.1. The number of hydrogen-bond donors (Lipinski definition) is 1. The van der Waals surface area contributed by atoms with Crippen LogP contribution in [0.5, 0.6) is 0 Å². The molecule has 0 saturated heterocycles. The van der Waals surface area contributed by atoms with E-state index in [0.717, 1.165) is 32.1 Å². The van der Waals surface area contributed by atoms with Gasteiger partial charge in [-0.25, -0.2) is 0 Å². The predicted molar refractivity (Wildman–Crippen MR) is 97.3 cm³/mol. The maximum Gasteiger partial charge on any atom is 0.303 e. The highest BCUT2D eigenvalue weighted by Gasteiger charge is 2.02. The zero-order chi connectivity index (χ0) is 16.5. The third kappa shape index (κ3) is 7.00. The van der Waals surface area contributed by atoms with Gasteiger partial charge in [-0.05, 0) is 69.6 Å². The van der Waals surface area contributed by atoms with Crippen molar-refractivity contribution in [1.82, 2.24) is 0 Å². The van der Waals surface area contributed by atoms with Gasteiger partial charge < -0.3 is 5.11 Å². The topological polar surface area (TPSA) is 37.3 Å². The molecule has 0 spiro atoms. The van der Waals surface area contributed by atoms with E-state index >= 15 is 0 Å². The molecule has 3 heteroatoms. The summed E-state index contributed by atoms with van der Waals surface area (Å²) in [6, 6.07) is 13.3. The first kappa shape index (κ1) is 17.7. The van der Waals surface area contributed by atoms with Crippen molar-refractivity contribution in [2.24, 2.45) is 0 Å². The van der Waals surface area contributed by atoms with E-state index in [1.54, 1.807) is 0 Å². The molecule has 0 fully saturated rings. The van der Waals surface area contributed by atoms with Gasteiger partial charge in [0.05, 0.1) is 0 Å². The largest absolute Gasteiger partial charge is 0.481 e. The quantitative estimate of drug-likeness (QED) is 0.591. The van der Waals surface area contributed by atoms with Gasteiger partial charge in [-0.2, -0.15) is 0 Å². The van der Waals surface area contributed by atoms with E-state index in [1.165, 1.54) is 33.7 Å². The van der Waals surface area contributed by atoms with Crippen LogP contribution in [0.2, 0.25) is 0 Å². The molecule has 0 bridgehead atoms. The van der Waals surface area contributed by atoms with Crippen molar-refractivity contribution in [2.45, 2.75) is 58.3 Å². The Kier molecular flexibility index (Phi) is 7.34. The highest BCUT2D eigenvalue weighted by atomic mass is 32.1. The Morgan fingerprint density at radius 2 is 1.43 bits per heavy atom. The number of thiophene rings is 1. The maximum absolute atomic E-state index is 10.5. The third-order valence-corrected chi connectivity index (χ3v) is 5.25. The lowest BCUT2D eigenvalue weighted by Crippen LogP contribution is -1.94. The third-order valence-electron chi connectivity index (χ3n) is 4.04. The highest BCUT2D eigenvalue weighted by Crippen LogP contribution is 2.21. The van der Waals surface area contributed by atoms with Gasteiger partial charge in [0.1, 0.15) is 0 Å². The second-order valence-corrected chi connectivity index (χ2v) is 7.41. The van der Waals surface area contributed by atoms with E-state index in [0.29, 0.717) is 0 Å². The molecule has 0 unspecified atom stereocenters. The van der Waals surface area contributed by atoms with Crippen LogP contribution in [-0.4, -0.2) is 11.1 Å². The van der Waals surface area contributed by atoms with Crippen molar-refractivity contribution in [1.29, 1.82) is 0 Å². The molecule has 124 valence electrons. The van der Waals surface area contributed by atoms with Crippen molar-refractivity contribution in [3.63, 3.8) is 0 Å². The summed E-state index contributed by atoms with van der Waals surface area (Å²) in [4.78, 5) is 13.3. The van der Waals surface area contributed by atoms with E-state index in [1.807, 2.05) is 11.3 Å². The summed E-state index contributed by atoms with van der Waals surface area (Å²) in [5, 5.41) is 8.63. The minimum absolute atomic E-state index is 0.289. The lowest BCUT2D eigenvalue weighted by molar-refractivity contribution is -0.137. The summed E-state index contributed by atoms with van der Waals surface area (Å²) in [5.74, 6) is -0.689. The van der Waals surface area contributed by atoms with E-state index < -0.39 is 5.97 Å². The first-order valence-corrected chi connectivity index (χ1v) is 9.30.